The van der Waals surface area contributed by atoms with Crippen LogP contribution in [0, 0.1) is 0 Å². The van der Waals surface area contributed by atoms with Gasteiger partial charge in [0.1, 0.15) is 12.7 Å². The molecule has 0 radical (unpaired) electrons. The predicted octanol–water partition coefficient (Wildman–Crippen LogP) is 4.53. The molecular weight excluding hydrogens is 278 g/mol. The van der Waals surface area contributed by atoms with E-state index < -0.39 is 0 Å². The molecule has 0 saturated carbocycles. The van der Waals surface area contributed by atoms with Gasteiger partial charge in [-0.2, -0.15) is 0 Å². The van der Waals surface area contributed by atoms with Gasteiger partial charge in [0.25, 0.3) is 0 Å². The maximum Gasteiger partial charge on any atom is 0.142 e. The number of hydrogen-bond donors (Lipinski definition) is 0. The molecule has 0 N–H and O–H groups in total. The molecule has 1 aliphatic rings. The summed E-state index contributed by atoms with van der Waals surface area (Å²) < 4.78 is 10.8. The SMILES string of the molecule is C/C=N\OCc1ccccc1/C(=C\OC)C1CC=CO1.CC. The third-order valence-corrected chi connectivity index (χ3v) is 3.01. The van der Waals surface area contributed by atoms with Crippen LogP contribution in [0.25, 0.3) is 5.57 Å². The average molecular weight is 303 g/mol. The molecule has 120 valence electrons. The summed E-state index contributed by atoms with van der Waals surface area (Å²) >= 11 is 0. The van der Waals surface area contributed by atoms with Crippen molar-refractivity contribution >= 4 is 11.8 Å². The molecule has 0 spiro atoms. The molecule has 22 heavy (non-hydrogen) atoms. The maximum atomic E-state index is 5.60. The standard InChI is InChI=1S/C16H19NO3.C2H6/c1-3-17-20-11-13-7-4-5-8-14(13)15(12-18-2)16-9-6-10-19-16;1-2/h3-8,10,12,16H,9,11H2,1-2H3;1-2H3/b15-12+,17-3-;. The molecule has 0 aliphatic carbocycles. The van der Waals surface area contributed by atoms with E-state index in [-0.39, 0.29) is 6.10 Å². The Hall–Kier alpha value is -2.23. The van der Waals surface area contributed by atoms with E-state index in [1.165, 1.54) is 0 Å². The summed E-state index contributed by atoms with van der Waals surface area (Å²) in [7, 11) is 1.64. The van der Waals surface area contributed by atoms with Gasteiger partial charge in [-0.3, -0.25) is 0 Å². The van der Waals surface area contributed by atoms with E-state index in [2.05, 4.69) is 5.16 Å². The lowest BCUT2D eigenvalue weighted by molar-refractivity contribution is 0.131. The van der Waals surface area contributed by atoms with E-state index in [0.29, 0.717) is 6.61 Å². The maximum absolute atomic E-state index is 5.60. The molecular formula is C18H25NO3. The molecule has 1 atom stereocenters. The third kappa shape index (κ3) is 4.95. The van der Waals surface area contributed by atoms with Crippen molar-refractivity contribution in [2.45, 2.75) is 39.9 Å². The summed E-state index contributed by atoms with van der Waals surface area (Å²) in [4.78, 5) is 5.25. The Bertz CT molecular complexity index is 513. The number of nitrogens with zero attached hydrogens (tertiary/aromatic N) is 1. The smallest absolute Gasteiger partial charge is 0.142 e. The van der Waals surface area contributed by atoms with E-state index in [0.717, 1.165) is 23.1 Å². The van der Waals surface area contributed by atoms with Crippen molar-refractivity contribution in [3.8, 4) is 0 Å². The number of rotatable bonds is 6. The third-order valence-electron chi connectivity index (χ3n) is 3.01. The van der Waals surface area contributed by atoms with Crippen molar-refractivity contribution < 1.29 is 14.3 Å². The number of methoxy groups -OCH3 is 1. The van der Waals surface area contributed by atoms with Gasteiger partial charge in [-0.25, -0.2) is 0 Å². The second kappa shape index (κ2) is 10.5. The zero-order valence-electron chi connectivity index (χ0n) is 13.8. The summed E-state index contributed by atoms with van der Waals surface area (Å²) in [5.74, 6) is 0. The van der Waals surface area contributed by atoms with Gasteiger partial charge in [-0.15, -0.1) is 0 Å². The highest BCUT2D eigenvalue weighted by molar-refractivity contribution is 5.71. The molecule has 0 bridgehead atoms. The first-order valence-corrected chi connectivity index (χ1v) is 7.58. The van der Waals surface area contributed by atoms with E-state index in [1.807, 2.05) is 51.1 Å². The fourth-order valence-corrected chi connectivity index (χ4v) is 2.13. The minimum Gasteiger partial charge on any atom is -0.504 e. The second-order valence-corrected chi connectivity index (χ2v) is 4.34. The highest BCUT2D eigenvalue weighted by Gasteiger charge is 2.21. The van der Waals surface area contributed by atoms with E-state index >= 15 is 0 Å². The molecule has 1 aliphatic heterocycles. The number of hydrogen-bond acceptors (Lipinski definition) is 4. The number of benzene rings is 1. The highest BCUT2D eigenvalue weighted by Crippen LogP contribution is 2.29. The lowest BCUT2D eigenvalue weighted by Crippen LogP contribution is -2.10. The summed E-state index contributed by atoms with van der Waals surface area (Å²) in [6.45, 7) is 6.24. The van der Waals surface area contributed by atoms with Crippen molar-refractivity contribution in [2.24, 2.45) is 5.16 Å². The lowest BCUT2D eigenvalue weighted by atomic mass is 9.96. The first-order chi connectivity index (χ1) is 10.9. The summed E-state index contributed by atoms with van der Waals surface area (Å²) in [6.07, 6.45) is 7.93. The lowest BCUT2D eigenvalue weighted by Gasteiger charge is -2.17. The molecule has 0 aromatic heterocycles. The minimum atomic E-state index is -0.00854. The Kier molecular flexibility index (Phi) is 8.50. The van der Waals surface area contributed by atoms with E-state index in [4.69, 9.17) is 14.3 Å². The topological polar surface area (TPSA) is 40.0 Å². The van der Waals surface area contributed by atoms with Gasteiger partial charge >= 0.3 is 0 Å². The van der Waals surface area contributed by atoms with Crippen molar-refractivity contribution in [2.75, 3.05) is 7.11 Å². The fourth-order valence-electron chi connectivity index (χ4n) is 2.13. The monoisotopic (exact) mass is 303 g/mol. The van der Waals surface area contributed by atoms with Crippen molar-refractivity contribution in [3.05, 3.63) is 54.0 Å². The van der Waals surface area contributed by atoms with Gasteiger partial charge in [0.15, 0.2) is 0 Å². The van der Waals surface area contributed by atoms with Gasteiger partial charge in [-0.05, 0) is 24.1 Å². The summed E-state index contributed by atoms with van der Waals surface area (Å²) in [6, 6.07) is 8.04. The molecule has 0 amide bonds. The molecule has 2 rings (SSSR count). The van der Waals surface area contributed by atoms with Crippen LogP contribution in [-0.4, -0.2) is 19.4 Å². The normalized spacial score (nSPS) is 16.9. The molecule has 1 heterocycles. The molecule has 4 heteroatoms. The molecule has 1 aromatic carbocycles. The van der Waals surface area contributed by atoms with Crippen LogP contribution in [0.4, 0.5) is 0 Å². The number of oxime groups is 1. The van der Waals surface area contributed by atoms with Crippen molar-refractivity contribution in [1.29, 1.82) is 0 Å². The first kappa shape index (κ1) is 17.8. The van der Waals surface area contributed by atoms with Crippen LogP contribution in [0.15, 0.2) is 48.0 Å². The predicted molar refractivity (Wildman–Crippen MR) is 90.4 cm³/mol. The van der Waals surface area contributed by atoms with Gasteiger partial charge in [0.2, 0.25) is 0 Å². The Morgan fingerprint density at radius 2 is 2.14 bits per heavy atom. The van der Waals surface area contributed by atoms with Crippen LogP contribution in [0.1, 0.15) is 38.3 Å². The van der Waals surface area contributed by atoms with Gasteiger partial charge in [0, 0.05) is 18.2 Å². The highest BCUT2D eigenvalue weighted by atomic mass is 16.6. The van der Waals surface area contributed by atoms with Crippen LogP contribution < -0.4 is 0 Å². The average Bonchev–Trinajstić information content (AvgIpc) is 3.10. The van der Waals surface area contributed by atoms with Crippen LogP contribution >= 0.6 is 0 Å². The molecule has 1 aromatic rings. The Labute approximate surface area is 133 Å². The fraction of sp³-hybridized carbons (Fsp3) is 0.389. The molecule has 4 nitrogen and oxygen atoms in total. The van der Waals surface area contributed by atoms with E-state index in [9.17, 15) is 0 Å². The van der Waals surface area contributed by atoms with Gasteiger partial charge in [-0.1, -0.05) is 43.3 Å². The molecule has 1 unspecified atom stereocenters. The Morgan fingerprint density at radius 1 is 1.36 bits per heavy atom. The zero-order chi connectivity index (χ0) is 16.2. The minimum absolute atomic E-state index is 0.00854. The summed E-state index contributed by atoms with van der Waals surface area (Å²) in [5, 5.41) is 3.79. The second-order valence-electron chi connectivity index (χ2n) is 4.34. The van der Waals surface area contributed by atoms with Crippen LogP contribution in [0.3, 0.4) is 0 Å². The largest absolute Gasteiger partial charge is 0.504 e. The van der Waals surface area contributed by atoms with Crippen LogP contribution in [0.5, 0.6) is 0 Å². The van der Waals surface area contributed by atoms with Crippen LogP contribution in [0.2, 0.25) is 0 Å². The van der Waals surface area contributed by atoms with E-state index in [1.54, 1.807) is 25.8 Å². The van der Waals surface area contributed by atoms with Crippen LogP contribution in [-0.2, 0) is 20.9 Å². The summed E-state index contributed by atoms with van der Waals surface area (Å²) in [5.41, 5.74) is 3.13. The van der Waals surface area contributed by atoms with Crippen molar-refractivity contribution in [3.63, 3.8) is 0 Å². The Morgan fingerprint density at radius 3 is 2.77 bits per heavy atom. The van der Waals surface area contributed by atoms with Gasteiger partial charge < -0.3 is 14.3 Å². The molecule has 0 fully saturated rings. The van der Waals surface area contributed by atoms with Crippen molar-refractivity contribution in [1.82, 2.24) is 0 Å². The van der Waals surface area contributed by atoms with Gasteiger partial charge in [0.05, 0.1) is 19.6 Å². The molecule has 0 saturated heterocycles. The quantitative estimate of drug-likeness (QED) is 0.440. The Balaban J connectivity index is 0.00000116. The zero-order valence-corrected chi connectivity index (χ0v) is 13.8. The number of ether oxygens (including phenoxy) is 2. The first-order valence-electron chi connectivity index (χ1n) is 7.58.